The second-order valence-electron chi connectivity index (χ2n) is 4.48. The van der Waals surface area contributed by atoms with Crippen molar-refractivity contribution in [1.29, 1.82) is 0 Å². The number of imidazole rings is 1. The summed E-state index contributed by atoms with van der Waals surface area (Å²) in [5.41, 5.74) is 5.38. The van der Waals surface area contributed by atoms with Gasteiger partial charge in [-0.15, -0.1) is 0 Å². The Morgan fingerprint density at radius 3 is 2.13 bits per heavy atom. The minimum Gasteiger partial charge on any atom is -0.328 e. The summed E-state index contributed by atoms with van der Waals surface area (Å²) in [5, 5.41) is 0. The van der Waals surface area contributed by atoms with Gasteiger partial charge in [-0.25, -0.2) is 0 Å². The van der Waals surface area contributed by atoms with E-state index in [0.29, 0.717) is 6.04 Å². The van der Waals surface area contributed by atoms with Gasteiger partial charge in [0.15, 0.2) is 0 Å². The number of rotatable bonds is 1. The van der Waals surface area contributed by atoms with Crippen LogP contribution in [0.2, 0.25) is 0 Å². The molecular weight excluding hydrogens is 369 g/mol. The van der Waals surface area contributed by atoms with Gasteiger partial charge in [-0.1, -0.05) is 6.42 Å². The first kappa shape index (κ1) is 11.3. The Morgan fingerprint density at radius 2 is 1.87 bits per heavy atom. The normalized spacial score (nSPS) is 20.5. The molecule has 2 aliphatic rings. The van der Waals surface area contributed by atoms with Crippen LogP contribution < -0.4 is 5.73 Å². The van der Waals surface area contributed by atoms with Crippen LogP contribution in [0.25, 0.3) is 0 Å². The van der Waals surface area contributed by atoms with E-state index in [1.807, 2.05) is 0 Å². The van der Waals surface area contributed by atoms with E-state index in [9.17, 15) is 0 Å². The van der Waals surface area contributed by atoms with E-state index in [4.69, 9.17) is 5.73 Å². The fourth-order valence-corrected chi connectivity index (χ4v) is 2.27. The molecule has 1 aromatic heterocycles. The van der Waals surface area contributed by atoms with Crippen LogP contribution in [0.5, 0.6) is 0 Å². The van der Waals surface area contributed by atoms with Crippen LogP contribution in [-0.2, 0) is 26.4 Å². The van der Waals surface area contributed by atoms with Crippen molar-refractivity contribution in [1.82, 2.24) is 9.13 Å². The van der Waals surface area contributed by atoms with Crippen molar-refractivity contribution in [3.05, 3.63) is 16.2 Å². The molecule has 0 unspecified atom stereocenters. The summed E-state index contributed by atoms with van der Waals surface area (Å²) in [7, 11) is 2.08. The molecule has 0 atom stereocenters. The fraction of sp³-hybridized carbons (Fsp3) is 0.727. The summed E-state index contributed by atoms with van der Waals surface area (Å²) in [6.45, 7) is 0. The van der Waals surface area contributed by atoms with Gasteiger partial charge < -0.3 is 5.73 Å². The predicted molar refractivity (Wildman–Crippen MR) is 56.7 cm³/mol. The van der Waals surface area contributed by atoms with Gasteiger partial charge in [0.05, 0.1) is 0 Å². The molecule has 0 bridgehead atoms. The summed E-state index contributed by atoms with van der Waals surface area (Å²) >= 11 is 2.37. The molecule has 1 heterocycles. The third-order valence-corrected chi connectivity index (χ3v) is 4.40. The van der Waals surface area contributed by atoms with Crippen molar-refractivity contribution in [3.63, 3.8) is 0 Å². The molecule has 0 aromatic carbocycles. The van der Waals surface area contributed by atoms with E-state index >= 15 is 0 Å². The van der Waals surface area contributed by atoms with Gasteiger partial charge in [-0.2, -0.15) is 0 Å². The maximum Gasteiger partial charge on any atom is 0.00388 e. The Balaban J connectivity index is 0.000000144. The fourth-order valence-electron chi connectivity index (χ4n) is 1.52. The van der Waals surface area contributed by atoms with E-state index in [0.717, 1.165) is 6.04 Å². The van der Waals surface area contributed by atoms with Crippen LogP contribution >= 0.6 is 0 Å². The first-order valence-electron chi connectivity index (χ1n) is 5.63. The van der Waals surface area contributed by atoms with E-state index in [-0.39, 0.29) is 0 Å². The van der Waals surface area contributed by atoms with Gasteiger partial charge in [-0.05, 0) is 12.8 Å². The van der Waals surface area contributed by atoms with Crippen LogP contribution in [0.3, 0.4) is 0 Å². The maximum absolute atomic E-state index is 5.38. The average Bonchev–Trinajstić information content (AvgIpc) is 2.95. The molecule has 4 heteroatoms. The Labute approximate surface area is 102 Å². The van der Waals surface area contributed by atoms with Crippen LogP contribution in [-0.4, -0.2) is 15.2 Å². The topological polar surface area (TPSA) is 35.9 Å². The zero-order chi connectivity index (χ0) is 10.8. The van der Waals surface area contributed by atoms with Crippen molar-refractivity contribution < 1.29 is 19.4 Å². The van der Waals surface area contributed by atoms with Crippen molar-refractivity contribution in [2.45, 2.75) is 44.2 Å². The average molecular weight is 388 g/mol. The van der Waals surface area contributed by atoms with Gasteiger partial charge in [0.1, 0.15) is 0 Å². The Morgan fingerprint density at radius 1 is 1.27 bits per heavy atom. The molecule has 0 amide bonds. The van der Waals surface area contributed by atoms with Gasteiger partial charge in [0, 0.05) is 6.04 Å². The first-order chi connectivity index (χ1) is 7.18. The third-order valence-electron chi connectivity index (χ3n) is 3.01. The molecule has 15 heavy (non-hydrogen) atoms. The van der Waals surface area contributed by atoms with E-state index < -0.39 is 0 Å². The summed E-state index contributed by atoms with van der Waals surface area (Å²) in [6, 6.07) is 1.38. The Bertz CT molecular complexity index is 371. The van der Waals surface area contributed by atoms with Gasteiger partial charge in [-0.3, -0.25) is 0 Å². The molecule has 2 N–H and O–H groups in total. The molecule has 0 radical (unpaired) electrons. The number of aromatic nitrogens is 2. The molecule has 0 saturated heterocycles. The zero-order valence-electron chi connectivity index (χ0n) is 9.13. The number of hydrogen-bond donors (Lipinski definition) is 1. The van der Waals surface area contributed by atoms with Gasteiger partial charge >= 0.3 is 70.6 Å². The van der Waals surface area contributed by atoms with Crippen molar-refractivity contribution >= 4 is 0 Å². The van der Waals surface area contributed by atoms with Crippen LogP contribution in [0.15, 0.2) is 12.4 Å². The number of aryl methyl sites for hydroxylation is 1. The van der Waals surface area contributed by atoms with E-state index in [2.05, 4.69) is 47.9 Å². The monoisotopic (exact) mass is 388 g/mol. The number of nitrogens with two attached hydrogens (primary N) is 1. The van der Waals surface area contributed by atoms with Crippen molar-refractivity contribution in [3.8, 4) is 0 Å². The second kappa shape index (κ2) is 4.80. The summed E-state index contributed by atoms with van der Waals surface area (Å²) in [5.74, 6) is 0. The summed E-state index contributed by atoms with van der Waals surface area (Å²) in [6.07, 6.45) is 10.9. The molecule has 2 saturated carbocycles. The summed E-state index contributed by atoms with van der Waals surface area (Å²) in [4.78, 5) is 0. The van der Waals surface area contributed by atoms with Crippen LogP contribution in [0, 0.1) is 3.80 Å². The minimum absolute atomic E-state index is 0.565. The first-order valence-corrected chi connectivity index (χ1v) is 6.76. The zero-order valence-corrected chi connectivity index (χ0v) is 11.4. The maximum atomic E-state index is 5.38. The number of hydrogen-bond acceptors (Lipinski definition) is 1. The Hall–Kier alpha value is -0.142. The molecule has 0 aliphatic heterocycles. The van der Waals surface area contributed by atoms with E-state index in [1.165, 1.54) is 35.9 Å². The van der Waals surface area contributed by atoms with Gasteiger partial charge in [0.2, 0.25) is 0 Å². The minimum atomic E-state index is 0.565. The van der Waals surface area contributed by atoms with Crippen molar-refractivity contribution in [2.24, 2.45) is 12.8 Å². The Kier molecular flexibility index (Phi) is 3.63. The standard InChI is InChI=1S/C7H10N2.C4H9N.Pt/c1-8-4-5-9(6-8)7-2-3-7;5-4-2-1-3-4;/h4-5,7H,2-3H2,1H3;4H,1-3,5H2;. The molecular formula is C11H19N3Pt. The third kappa shape index (κ3) is 2.91. The quantitative estimate of drug-likeness (QED) is 0.782. The number of nitrogens with zero attached hydrogens (tertiary/aromatic N) is 2. The molecule has 1 aromatic rings. The largest absolute Gasteiger partial charge is 0.328 e. The molecule has 2 fully saturated rings. The molecule has 0 spiro atoms. The molecule has 3 rings (SSSR count). The van der Waals surface area contributed by atoms with Crippen molar-refractivity contribution in [2.75, 3.05) is 0 Å². The smallest absolute Gasteiger partial charge is 0.00388 e. The SMILES string of the molecule is Cn1ccn(C2CC2)[c]1=[Pt].NC1CCC1. The molecule has 2 aliphatic carbocycles. The predicted octanol–water partition coefficient (Wildman–Crippen LogP) is 1.74. The van der Waals surface area contributed by atoms with Crippen LogP contribution in [0.4, 0.5) is 0 Å². The second-order valence-corrected chi connectivity index (χ2v) is 5.50. The molecule has 3 nitrogen and oxygen atoms in total. The van der Waals surface area contributed by atoms with Crippen LogP contribution in [0.1, 0.15) is 38.1 Å². The van der Waals surface area contributed by atoms with Gasteiger partial charge in [0.25, 0.3) is 0 Å². The summed E-state index contributed by atoms with van der Waals surface area (Å²) < 4.78 is 5.84. The molecule has 88 valence electrons. The van der Waals surface area contributed by atoms with E-state index in [1.54, 1.807) is 0 Å².